The zero-order valence-electron chi connectivity index (χ0n) is 10.3. The topological polar surface area (TPSA) is 63.8 Å². The maximum atomic E-state index is 6.09. The molecule has 1 aromatic rings. The minimum Gasteiger partial charge on any atom is -0.364 e. The molecule has 0 spiro atoms. The lowest BCUT2D eigenvalue weighted by Crippen LogP contribution is -2.35. The zero-order valence-corrected chi connectivity index (χ0v) is 10.3. The fourth-order valence-electron chi connectivity index (χ4n) is 2.59. The van der Waals surface area contributed by atoms with Crippen molar-refractivity contribution in [2.24, 2.45) is 5.73 Å². The van der Waals surface area contributed by atoms with Gasteiger partial charge in [-0.25, -0.2) is 4.98 Å². The van der Waals surface area contributed by atoms with E-state index in [1.807, 2.05) is 13.1 Å². The van der Waals surface area contributed by atoms with Crippen LogP contribution in [0.25, 0.3) is 0 Å². The number of aromatic nitrogens is 2. The average Bonchev–Trinajstić information content (AvgIpc) is 3.07. The largest absolute Gasteiger partial charge is 0.364 e. The van der Waals surface area contributed by atoms with Gasteiger partial charge in [0.2, 0.25) is 0 Å². The molecule has 0 aromatic carbocycles. The number of nitrogens with two attached hydrogens (primary N) is 1. The van der Waals surface area contributed by atoms with Gasteiger partial charge >= 0.3 is 0 Å². The van der Waals surface area contributed by atoms with Crippen LogP contribution in [-0.4, -0.2) is 22.1 Å². The van der Waals surface area contributed by atoms with E-state index in [4.69, 9.17) is 5.73 Å². The molecule has 4 nitrogen and oxygen atoms in total. The molecule has 0 saturated heterocycles. The fourth-order valence-corrected chi connectivity index (χ4v) is 2.59. The Labute approximate surface area is 102 Å². The Morgan fingerprint density at radius 1 is 1.29 bits per heavy atom. The summed E-state index contributed by atoms with van der Waals surface area (Å²) in [6, 6.07) is 0.648. The van der Waals surface area contributed by atoms with Gasteiger partial charge in [0, 0.05) is 18.0 Å². The van der Waals surface area contributed by atoms with Gasteiger partial charge in [-0.15, -0.1) is 0 Å². The predicted molar refractivity (Wildman–Crippen MR) is 68.0 cm³/mol. The summed E-state index contributed by atoms with van der Waals surface area (Å²) in [5.41, 5.74) is 8.25. The molecule has 3 rings (SSSR count). The Bertz CT molecular complexity index is 414. The van der Waals surface area contributed by atoms with Crippen molar-refractivity contribution in [2.45, 2.75) is 57.0 Å². The normalized spacial score (nSPS) is 28.4. The smallest absolute Gasteiger partial charge is 0.148 e. The molecular weight excluding hydrogens is 212 g/mol. The van der Waals surface area contributed by atoms with E-state index in [0.29, 0.717) is 12.0 Å². The van der Waals surface area contributed by atoms with Crippen molar-refractivity contribution in [1.82, 2.24) is 9.97 Å². The van der Waals surface area contributed by atoms with E-state index in [1.165, 1.54) is 19.3 Å². The lowest BCUT2D eigenvalue weighted by Gasteiger charge is -2.19. The molecule has 0 bridgehead atoms. The molecule has 2 atom stereocenters. The third kappa shape index (κ3) is 2.27. The first kappa shape index (κ1) is 11.0. The molecule has 2 fully saturated rings. The number of hydrogen-bond acceptors (Lipinski definition) is 4. The van der Waals surface area contributed by atoms with Crippen LogP contribution < -0.4 is 11.1 Å². The highest BCUT2D eigenvalue weighted by molar-refractivity contribution is 5.45. The zero-order chi connectivity index (χ0) is 11.8. The molecule has 17 heavy (non-hydrogen) atoms. The van der Waals surface area contributed by atoms with E-state index in [-0.39, 0.29) is 6.04 Å². The number of nitrogens with zero attached hydrogens (tertiary/aromatic N) is 2. The van der Waals surface area contributed by atoms with Crippen LogP contribution in [0.2, 0.25) is 0 Å². The highest BCUT2D eigenvalue weighted by Crippen LogP contribution is 2.42. The van der Waals surface area contributed by atoms with Gasteiger partial charge in [-0.3, -0.25) is 4.98 Å². The van der Waals surface area contributed by atoms with E-state index in [2.05, 4.69) is 15.3 Å². The summed E-state index contributed by atoms with van der Waals surface area (Å²) >= 11 is 0. The first-order chi connectivity index (χ1) is 8.24. The summed E-state index contributed by atoms with van der Waals surface area (Å²) in [5, 5.41) is 3.51. The average molecular weight is 232 g/mol. The van der Waals surface area contributed by atoms with E-state index >= 15 is 0 Å². The maximum absolute atomic E-state index is 6.09. The summed E-state index contributed by atoms with van der Waals surface area (Å²) in [4.78, 5) is 9.14. The number of aryl methyl sites for hydroxylation is 1. The molecule has 1 aromatic heterocycles. The fraction of sp³-hybridized carbons (Fsp3) is 0.692. The molecule has 0 radical (unpaired) electrons. The van der Waals surface area contributed by atoms with Crippen LogP contribution in [0.3, 0.4) is 0 Å². The van der Waals surface area contributed by atoms with Crippen LogP contribution in [0.5, 0.6) is 0 Å². The number of rotatable bonds is 3. The second kappa shape index (κ2) is 4.26. The van der Waals surface area contributed by atoms with Crippen molar-refractivity contribution < 1.29 is 0 Å². The molecule has 3 N–H and O–H groups in total. The van der Waals surface area contributed by atoms with Gasteiger partial charge in [0.05, 0.1) is 17.6 Å². The van der Waals surface area contributed by atoms with Gasteiger partial charge in [-0.1, -0.05) is 0 Å². The lowest BCUT2D eigenvalue weighted by atomic mass is 10.1. The third-order valence-corrected chi connectivity index (χ3v) is 3.78. The Balaban J connectivity index is 1.81. The van der Waals surface area contributed by atoms with E-state index in [0.717, 1.165) is 30.0 Å². The Hall–Kier alpha value is -1.16. The molecule has 2 saturated carbocycles. The van der Waals surface area contributed by atoms with Crippen molar-refractivity contribution in [1.29, 1.82) is 0 Å². The standard InChI is InChI=1S/C13H20N4/c1-8-7-15-13(12(16-8)9-5-6-9)17-11-4-2-3-10(11)14/h7,9-11H,2-6,14H2,1H3,(H,15,17)/t10-,11-/m0/s1. The first-order valence-electron chi connectivity index (χ1n) is 6.59. The molecule has 0 amide bonds. The number of anilines is 1. The minimum atomic E-state index is 0.269. The van der Waals surface area contributed by atoms with Crippen LogP contribution in [0.4, 0.5) is 5.82 Å². The maximum Gasteiger partial charge on any atom is 0.148 e. The summed E-state index contributed by atoms with van der Waals surface area (Å²) in [6.45, 7) is 2.00. The van der Waals surface area contributed by atoms with Gasteiger partial charge in [0.15, 0.2) is 0 Å². The van der Waals surface area contributed by atoms with Crippen molar-refractivity contribution in [3.63, 3.8) is 0 Å². The third-order valence-electron chi connectivity index (χ3n) is 3.78. The van der Waals surface area contributed by atoms with Gasteiger partial charge in [-0.2, -0.15) is 0 Å². The highest BCUT2D eigenvalue weighted by Gasteiger charge is 2.31. The Morgan fingerprint density at radius 2 is 2.12 bits per heavy atom. The van der Waals surface area contributed by atoms with Crippen LogP contribution in [0.15, 0.2) is 6.20 Å². The van der Waals surface area contributed by atoms with Crippen LogP contribution in [0, 0.1) is 6.92 Å². The van der Waals surface area contributed by atoms with Crippen LogP contribution in [-0.2, 0) is 0 Å². The van der Waals surface area contributed by atoms with E-state index in [1.54, 1.807) is 0 Å². The Kier molecular flexibility index (Phi) is 2.74. The first-order valence-corrected chi connectivity index (χ1v) is 6.59. The molecule has 4 heteroatoms. The van der Waals surface area contributed by atoms with Gasteiger partial charge < -0.3 is 11.1 Å². The van der Waals surface area contributed by atoms with Crippen molar-refractivity contribution in [3.05, 3.63) is 17.6 Å². The molecule has 0 aliphatic heterocycles. The van der Waals surface area contributed by atoms with Gasteiger partial charge in [0.1, 0.15) is 5.82 Å². The summed E-state index contributed by atoms with van der Waals surface area (Å²) in [7, 11) is 0. The van der Waals surface area contributed by atoms with Crippen molar-refractivity contribution >= 4 is 5.82 Å². The summed E-state index contributed by atoms with van der Waals surface area (Å²) < 4.78 is 0. The van der Waals surface area contributed by atoms with Crippen molar-refractivity contribution in [3.8, 4) is 0 Å². The molecule has 1 heterocycles. The van der Waals surface area contributed by atoms with E-state index in [9.17, 15) is 0 Å². The van der Waals surface area contributed by atoms with Gasteiger partial charge in [0.25, 0.3) is 0 Å². The molecule has 0 unspecified atom stereocenters. The number of hydrogen-bond donors (Lipinski definition) is 2. The number of nitrogens with one attached hydrogen (secondary N) is 1. The van der Waals surface area contributed by atoms with Crippen LogP contribution in [0.1, 0.15) is 49.4 Å². The monoisotopic (exact) mass is 232 g/mol. The second-order valence-corrected chi connectivity index (χ2v) is 5.37. The molecular formula is C13H20N4. The lowest BCUT2D eigenvalue weighted by molar-refractivity contribution is 0.633. The van der Waals surface area contributed by atoms with Crippen molar-refractivity contribution in [2.75, 3.05) is 5.32 Å². The molecule has 2 aliphatic carbocycles. The predicted octanol–water partition coefficient (Wildman–Crippen LogP) is 1.95. The quantitative estimate of drug-likeness (QED) is 0.836. The van der Waals surface area contributed by atoms with E-state index < -0.39 is 0 Å². The van der Waals surface area contributed by atoms with Gasteiger partial charge in [-0.05, 0) is 39.0 Å². The Morgan fingerprint density at radius 3 is 2.76 bits per heavy atom. The summed E-state index contributed by atoms with van der Waals surface area (Å²) in [5.74, 6) is 1.60. The second-order valence-electron chi connectivity index (χ2n) is 5.37. The SMILES string of the molecule is Cc1cnc(N[C@H]2CCC[C@@H]2N)c(C2CC2)n1. The minimum absolute atomic E-state index is 0.269. The summed E-state index contributed by atoms with van der Waals surface area (Å²) in [6.07, 6.45) is 7.84. The molecule has 92 valence electrons. The highest BCUT2D eigenvalue weighted by atomic mass is 15.1. The van der Waals surface area contributed by atoms with Crippen LogP contribution >= 0.6 is 0 Å². The molecule has 2 aliphatic rings.